The molecule has 6 aliphatic rings. The summed E-state index contributed by atoms with van der Waals surface area (Å²) < 4.78 is 17.0. The van der Waals surface area contributed by atoms with Crippen LogP contribution in [0.2, 0.25) is 0 Å². The number of carbonyl (C=O) groups is 3. The number of hydrogen-bond donors (Lipinski definition) is 2. The lowest BCUT2D eigenvalue weighted by Crippen LogP contribution is -2.62. The number of rotatable bonds is 3. The molecule has 39 heavy (non-hydrogen) atoms. The Morgan fingerprint density at radius 1 is 1.08 bits per heavy atom. The molecule has 0 aromatic heterocycles. The van der Waals surface area contributed by atoms with E-state index in [9.17, 15) is 24.6 Å². The largest absolute Gasteiger partial charge is 0.462 e. The number of hydrogen-bond acceptors (Lipinski definition) is 8. The summed E-state index contributed by atoms with van der Waals surface area (Å²) in [5, 5.41) is 22.4. The molecule has 2 heterocycles. The van der Waals surface area contributed by atoms with Crippen LogP contribution in [0.3, 0.4) is 0 Å². The van der Waals surface area contributed by atoms with Gasteiger partial charge in [-0.3, -0.25) is 4.79 Å². The first-order valence-electron chi connectivity index (χ1n) is 14.8. The molecule has 2 aliphatic heterocycles. The van der Waals surface area contributed by atoms with Gasteiger partial charge in [0.1, 0.15) is 18.8 Å². The summed E-state index contributed by atoms with van der Waals surface area (Å²) in [4.78, 5) is 38.4. The number of amides is 1. The number of ether oxygens (including phenoxy) is 3. The fraction of sp³-hybridized carbons (Fsp3) is 0.833. The number of likely N-dealkylation sites (tertiary alicyclic amines) is 1. The molecule has 4 saturated carbocycles. The van der Waals surface area contributed by atoms with Crippen LogP contribution in [0.4, 0.5) is 4.79 Å². The normalized spacial score (nSPS) is 47.0. The van der Waals surface area contributed by atoms with Gasteiger partial charge in [-0.05, 0) is 80.1 Å². The van der Waals surface area contributed by atoms with E-state index < -0.39 is 23.2 Å². The highest BCUT2D eigenvalue weighted by atomic mass is 16.6. The Bertz CT molecular complexity index is 1080. The first kappa shape index (κ1) is 27.1. The van der Waals surface area contributed by atoms with Gasteiger partial charge >= 0.3 is 18.0 Å². The highest BCUT2D eigenvalue weighted by molar-refractivity contribution is 5.85. The molecule has 0 radical (unpaired) electrons. The summed E-state index contributed by atoms with van der Waals surface area (Å²) in [5.74, 6) is -0.178. The molecule has 10 atom stereocenters. The predicted octanol–water partition coefficient (Wildman–Crippen LogP) is 3.36. The van der Waals surface area contributed by atoms with E-state index in [1.165, 1.54) is 13.0 Å². The molecule has 9 nitrogen and oxygen atoms in total. The van der Waals surface area contributed by atoms with Crippen molar-refractivity contribution >= 4 is 18.0 Å². The van der Waals surface area contributed by atoms with Crippen LogP contribution in [-0.2, 0) is 23.8 Å². The molecular weight excluding hydrogens is 502 g/mol. The van der Waals surface area contributed by atoms with Crippen LogP contribution in [0.5, 0.6) is 0 Å². The van der Waals surface area contributed by atoms with E-state index in [-0.39, 0.29) is 48.0 Å². The monoisotopic (exact) mass is 545 g/mol. The molecule has 1 amide bonds. The van der Waals surface area contributed by atoms with Gasteiger partial charge in [-0.25, -0.2) is 9.59 Å². The molecule has 9 heteroatoms. The van der Waals surface area contributed by atoms with Gasteiger partial charge < -0.3 is 29.3 Å². The standard InChI is InChI=1S/C30H43NO8/c1-17(32)38-24-14-30(36)23-5-4-19-13-21(39-27(35)31-11-8-20(33)15-31)6-9-28(19,2)22(23)7-10-29(30,3)26(24)18-12-25(34)37-16-18/h12,19-24,26,33,36H,4-11,13-16H2,1-3H3/t19-,20-,21+,22+,23-,24+,26+,28+,29-,30+/m1/s1. The Balaban J connectivity index is 1.21. The third-order valence-corrected chi connectivity index (χ3v) is 11.9. The molecule has 0 aromatic rings. The Morgan fingerprint density at radius 2 is 1.87 bits per heavy atom. The molecule has 0 bridgehead atoms. The number of esters is 2. The van der Waals surface area contributed by atoms with E-state index >= 15 is 0 Å². The third-order valence-electron chi connectivity index (χ3n) is 11.9. The molecule has 6 rings (SSSR count). The maximum Gasteiger partial charge on any atom is 0.410 e. The van der Waals surface area contributed by atoms with E-state index in [1.54, 1.807) is 4.90 Å². The highest BCUT2D eigenvalue weighted by Gasteiger charge is 2.71. The molecular formula is C30H43NO8. The zero-order valence-electron chi connectivity index (χ0n) is 23.4. The quantitative estimate of drug-likeness (QED) is 0.409. The maximum atomic E-state index is 12.7. The minimum absolute atomic E-state index is 0.0352. The topological polar surface area (TPSA) is 123 Å². The van der Waals surface area contributed by atoms with Crippen LogP contribution < -0.4 is 0 Å². The van der Waals surface area contributed by atoms with Gasteiger partial charge in [-0.1, -0.05) is 13.8 Å². The van der Waals surface area contributed by atoms with Crippen LogP contribution in [0.25, 0.3) is 0 Å². The third kappa shape index (κ3) is 4.21. The van der Waals surface area contributed by atoms with E-state index in [1.807, 2.05) is 0 Å². The van der Waals surface area contributed by atoms with E-state index in [2.05, 4.69) is 13.8 Å². The van der Waals surface area contributed by atoms with Crippen molar-refractivity contribution in [3.8, 4) is 0 Å². The summed E-state index contributed by atoms with van der Waals surface area (Å²) in [5.41, 5.74) is -0.672. The van der Waals surface area contributed by atoms with Crippen molar-refractivity contribution in [1.29, 1.82) is 0 Å². The summed E-state index contributed by atoms with van der Waals surface area (Å²) in [6.45, 7) is 6.99. The molecule has 0 aromatic carbocycles. The lowest BCUT2D eigenvalue weighted by molar-refractivity contribution is -0.208. The number of β-amino-alcohol motifs (C(OH)–C–C–N with tert-alkyl or cyclic N) is 1. The zero-order valence-corrected chi connectivity index (χ0v) is 23.4. The molecule has 216 valence electrons. The summed E-state index contributed by atoms with van der Waals surface area (Å²) in [6.07, 6.45) is 7.32. The van der Waals surface area contributed by atoms with Crippen molar-refractivity contribution in [3.05, 3.63) is 11.6 Å². The Morgan fingerprint density at radius 3 is 2.54 bits per heavy atom. The lowest BCUT2D eigenvalue weighted by atomic mass is 9.43. The second-order valence-corrected chi connectivity index (χ2v) is 13.7. The number of aliphatic hydroxyl groups excluding tert-OH is 1. The van der Waals surface area contributed by atoms with Crippen LogP contribution in [0.15, 0.2) is 11.6 Å². The predicted molar refractivity (Wildman–Crippen MR) is 139 cm³/mol. The summed E-state index contributed by atoms with van der Waals surface area (Å²) in [6, 6.07) is 0. The van der Waals surface area contributed by atoms with Gasteiger partial charge in [0.05, 0.1) is 11.7 Å². The van der Waals surface area contributed by atoms with E-state index in [0.29, 0.717) is 37.8 Å². The van der Waals surface area contributed by atoms with Crippen molar-refractivity contribution in [2.75, 3.05) is 19.7 Å². The molecule has 2 N–H and O–H groups in total. The van der Waals surface area contributed by atoms with E-state index in [0.717, 1.165) is 50.5 Å². The summed E-state index contributed by atoms with van der Waals surface area (Å²) in [7, 11) is 0. The number of carbonyl (C=O) groups excluding carboxylic acids is 3. The number of cyclic esters (lactones) is 1. The van der Waals surface area contributed by atoms with Crippen LogP contribution in [0, 0.1) is 34.5 Å². The van der Waals surface area contributed by atoms with Crippen molar-refractivity contribution < 1.29 is 38.8 Å². The number of fused-ring (bicyclic) bond motifs is 5. The average molecular weight is 546 g/mol. The molecule has 0 unspecified atom stereocenters. The Labute approximate surface area is 230 Å². The van der Waals surface area contributed by atoms with Crippen LogP contribution in [-0.4, -0.2) is 76.8 Å². The Kier molecular flexibility index (Phi) is 6.57. The second-order valence-electron chi connectivity index (χ2n) is 13.7. The highest BCUT2D eigenvalue weighted by Crippen LogP contribution is 2.70. The zero-order chi connectivity index (χ0) is 27.7. The van der Waals surface area contributed by atoms with Gasteiger partial charge in [-0.15, -0.1) is 0 Å². The van der Waals surface area contributed by atoms with Gasteiger partial charge in [0.15, 0.2) is 0 Å². The fourth-order valence-electron chi connectivity index (χ4n) is 9.97. The minimum atomic E-state index is -1.01. The fourth-order valence-corrected chi connectivity index (χ4v) is 9.97. The van der Waals surface area contributed by atoms with Crippen molar-refractivity contribution in [3.63, 3.8) is 0 Å². The lowest BCUT2D eigenvalue weighted by Gasteiger charge is -2.63. The van der Waals surface area contributed by atoms with Gasteiger partial charge in [0.25, 0.3) is 0 Å². The van der Waals surface area contributed by atoms with Gasteiger partial charge in [0, 0.05) is 43.8 Å². The molecule has 1 saturated heterocycles. The first-order chi connectivity index (χ1) is 18.4. The average Bonchev–Trinajstić information content (AvgIpc) is 3.54. The number of nitrogens with zero attached hydrogens (tertiary/aromatic N) is 1. The second kappa shape index (κ2) is 9.47. The molecule has 0 spiro atoms. The van der Waals surface area contributed by atoms with Crippen LogP contribution >= 0.6 is 0 Å². The first-order valence-corrected chi connectivity index (χ1v) is 14.8. The van der Waals surface area contributed by atoms with Crippen molar-refractivity contribution in [2.24, 2.45) is 34.5 Å². The van der Waals surface area contributed by atoms with Crippen LogP contribution in [0.1, 0.15) is 78.6 Å². The minimum Gasteiger partial charge on any atom is -0.462 e. The number of aliphatic hydroxyl groups is 2. The SMILES string of the molecule is CC(=O)O[C@H]1C[C@]2(O)[C@@H]3CC[C@@H]4C[C@@H](OC(=O)N5CC[C@@H](O)C5)CC[C@]4(C)[C@H]3CC[C@]2(C)[C@H]1C1=CC(=O)OC1. The molecule has 4 aliphatic carbocycles. The van der Waals surface area contributed by atoms with Gasteiger partial charge in [-0.2, -0.15) is 0 Å². The molecule has 5 fully saturated rings. The van der Waals surface area contributed by atoms with Crippen molar-refractivity contribution in [1.82, 2.24) is 4.90 Å². The smallest absolute Gasteiger partial charge is 0.410 e. The van der Waals surface area contributed by atoms with E-state index in [4.69, 9.17) is 14.2 Å². The summed E-state index contributed by atoms with van der Waals surface area (Å²) >= 11 is 0. The van der Waals surface area contributed by atoms with Crippen molar-refractivity contribution in [2.45, 2.75) is 102 Å². The Hall–Kier alpha value is -2.13. The maximum absolute atomic E-state index is 12.7. The van der Waals surface area contributed by atoms with Gasteiger partial charge in [0.2, 0.25) is 0 Å².